The summed E-state index contributed by atoms with van der Waals surface area (Å²) < 4.78 is 5.51. The van der Waals surface area contributed by atoms with Crippen molar-refractivity contribution in [2.75, 3.05) is 38.2 Å². The third-order valence-corrected chi connectivity index (χ3v) is 4.75. The van der Waals surface area contributed by atoms with Crippen molar-refractivity contribution in [3.63, 3.8) is 0 Å². The molecule has 2 aliphatic heterocycles. The third kappa shape index (κ3) is 3.76. The maximum Gasteiger partial charge on any atom is 0.251 e. The number of ether oxygens (including phenoxy) is 1. The Balaban J connectivity index is 1.55. The van der Waals surface area contributed by atoms with Gasteiger partial charge in [-0.1, -0.05) is 0 Å². The van der Waals surface area contributed by atoms with Crippen LogP contribution in [0.3, 0.4) is 0 Å². The summed E-state index contributed by atoms with van der Waals surface area (Å²) in [6, 6.07) is 5.45. The highest BCUT2D eigenvalue weighted by molar-refractivity contribution is 5.97. The van der Waals surface area contributed by atoms with E-state index in [-0.39, 0.29) is 17.4 Å². The Morgan fingerprint density at radius 1 is 1.38 bits per heavy atom. The van der Waals surface area contributed by atoms with Gasteiger partial charge in [0.2, 0.25) is 5.91 Å². The number of rotatable bonds is 4. The molecule has 3 rings (SSSR count). The van der Waals surface area contributed by atoms with Gasteiger partial charge < -0.3 is 15.4 Å². The highest BCUT2D eigenvalue weighted by Crippen LogP contribution is 2.23. The van der Waals surface area contributed by atoms with Crippen molar-refractivity contribution in [2.45, 2.75) is 32.2 Å². The number of fused-ring (bicyclic) bond motifs is 1. The fraction of sp³-hybridized carbons (Fsp3) is 0.556. The second kappa shape index (κ2) is 6.91. The van der Waals surface area contributed by atoms with E-state index in [1.807, 2.05) is 12.1 Å². The number of carbonyl (C=O) groups is 2. The number of morpholine rings is 1. The zero-order valence-corrected chi connectivity index (χ0v) is 14.4. The molecule has 0 aliphatic carbocycles. The first kappa shape index (κ1) is 16.9. The number of hydrogen-bond donors (Lipinski definition) is 2. The molecular weight excluding hydrogens is 306 g/mol. The molecule has 0 spiro atoms. The number of benzene rings is 1. The fourth-order valence-corrected chi connectivity index (χ4v) is 3.24. The fourth-order valence-electron chi connectivity index (χ4n) is 3.24. The van der Waals surface area contributed by atoms with E-state index < -0.39 is 0 Å². The average Bonchev–Trinajstić information content (AvgIpc) is 2.55. The van der Waals surface area contributed by atoms with Crippen LogP contribution in [0.25, 0.3) is 0 Å². The lowest BCUT2D eigenvalue weighted by atomic mass is 10.00. The van der Waals surface area contributed by atoms with E-state index in [0.29, 0.717) is 24.9 Å². The van der Waals surface area contributed by atoms with Crippen LogP contribution in [0.4, 0.5) is 5.69 Å². The van der Waals surface area contributed by atoms with Gasteiger partial charge in [-0.2, -0.15) is 0 Å². The quantitative estimate of drug-likeness (QED) is 0.875. The second-order valence-electron chi connectivity index (χ2n) is 7.03. The number of amides is 2. The van der Waals surface area contributed by atoms with E-state index in [4.69, 9.17) is 4.74 Å². The molecule has 24 heavy (non-hydrogen) atoms. The van der Waals surface area contributed by atoms with Gasteiger partial charge in [0.25, 0.3) is 5.91 Å². The molecule has 0 atom stereocenters. The largest absolute Gasteiger partial charge is 0.378 e. The summed E-state index contributed by atoms with van der Waals surface area (Å²) in [5.41, 5.74) is 2.49. The Bertz CT molecular complexity index is 642. The Labute approximate surface area is 142 Å². The second-order valence-corrected chi connectivity index (χ2v) is 7.03. The van der Waals surface area contributed by atoms with Crippen LogP contribution in [-0.4, -0.2) is 55.1 Å². The van der Waals surface area contributed by atoms with Crippen LogP contribution in [0.2, 0.25) is 0 Å². The lowest BCUT2D eigenvalue weighted by Crippen LogP contribution is -2.54. The van der Waals surface area contributed by atoms with Crippen molar-refractivity contribution >= 4 is 17.5 Å². The Morgan fingerprint density at radius 3 is 3.00 bits per heavy atom. The lowest BCUT2D eigenvalue weighted by Gasteiger charge is -2.42. The van der Waals surface area contributed by atoms with E-state index in [1.54, 1.807) is 6.07 Å². The minimum atomic E-state index is -0.0687. The molecule has 2 amide bonds. The SMILES string of the molecule is CC1(C)COCCN1CCNC(=O)c1ccc2c(c1)CCC(=O)N2. The van der Waals surface area contributed by atoms with E-state index in [1.165, 1.54) is 0 Å². The standard InChI is InChI=1S/C18H25N3O3/c1-18(2)12-24-10-9-21(18)8-7-19-17(23)14-3-5-15-13(11-14)4-6-16(22)20-15/h3,5,11H,4,6-10,12H2,1-2H3,(H,19,23)(H,20,22). The Morgan fingerprint density at radius 2 is 2.21 bits per heavy atom. The van der Waals surface area contributed by atoms with Crippen molar-refractivity contribution in [1.29, 1.82) is 0 Å². The molecular formula is C18H25N3O3. The van der Waals surface area contributed by atoms with Crippen molar-refractivity contribution in [2.24, 2.45) is 0 Å². The van der Waals surface area contributed by atoms with Crippen LogP contribution in [-0.2, 0) is 16.0 Å². The molecule has 1 aromatic rings. The number of aryl methyl sites for hydroxylation is 1. The molecule has 0 unspecified atom stereocenters. The van der Waals surface area contributed by atoms with Crippen molar-refractivity contribution < 1.29 is 14.3 Å². The molecule has 2 N–H and O–H groups in total. The van der Waals surface area contributed by atoms with Gasteiger partial charge in [0, 0.05) is 42.8 Å². The first-order valence-electron chi connectivity index (χ1n) is 8.49. The smallest absolute Gasteiger partial charge is 0.251 e. The summed E-state index contributed by atoms with van der Waals surface area (Å²) in [7, 11) is 0. The number of anilines is 1. The van der Waals surface area contributed by atoms with E-state index in [2.05, 4.69) is 29.4 Å². The van der Waals surface area contributed by atoms with Gasteiger partial charge in [-0.3, -0.25) is 14.5 Å². The molecule has 0 bridgehead atoms. The van der Waals surface area contributed by atoms with Gasteiger partial charge >= 0.3 is 0 Å². The van der Waals surface area contributed by atoms with Crippen LogP contribution >= 0.6 is 0 Å². The molecule has 6 heteroatoms. The van der Waals surface area contributed by atoms with Gasteiger partial charge in [0.15, 0.2) is 0 Å². The van der Waals surface area contributed by atoms with E-state index in [9.17, 15) is 9.59 Å². The number of carbonyl (C=O) groups excluding carboxylic acids is 2. The topological polar surface area (TPSA) is 70.7 Å². The Kier molecular flexibility index (Phi) is 4.87. The predicted molar refractivity (Wildman–Crippen MR) is 92.2 cm³/mol. The summed E-state index contributed by atoms with van der Waals surface area (Å²) in [4.78, 5) is 26.1. The van der Waals surface area contributed by atoms with Gasteiger partial charge in [0.1, 0.15) is 0 Å². The molecule has 0 saturated carbocycles. The van der Waals surface area contributed by atoms with E-state index in [0.717, 1.165) is 37.6 Å². The summed E-state index contributed by atoms with van der Waals surface area (Å²) in [6.45, 7) is 8.09. The molecule has 2 heterocycles. The molecule has 1 aromatic carbocycles. The normalized spacial score (nSPS) is 20.2. The number of hydrogen-bond acceptors (Lipinski definition) is 4. The number of nitrogens with one attached hydrogen (secondary N) is 2. The van der Waals surface area contributed by atoms with Crippen molar-refractivity contribution in [1.82, 2.24) is 10.2 Å². The predicted octanol–water partition coefficient (Wildman–Crippen LogP) is 1.41. The van der Waals surface area contributed by atoms with Crippen molar-refractivity contribution in [3.8, 4) is 0 Å². The average molecular weight is 331 g/mol. The highest BCUT2D eigenvalue weighted by atomic mass is 16.5. The van der Waals surface area contributed by atoms with Crippen LogP contribution in [0.1, 0.15) is 36.2 Å². The van der Waals surface area contributed by atoms with Gasteiger partial charge in [-0.15, -0.1) is 0 Å². The highest BCUT2D eigenvalue weighted by Gasteiger charge is 2.29. The third-order valence-electron chi connectivity index (χ3n) is 4.75. The maximum absolute atomic E-state index is 12.4. The summed E-state index contributed by atoms with van der Waals surface area (Å²) in [5.74, 6) is -0.0337. The molecule has 1 saturated heterocycles. The molecule has 1 fully saturated rings. The summed E-state index contributed by atoms with van der Waals surface area (Å²) in [6.07, 6.45) is 1.16. The van der Waals surface area contributed by atoms with E-state index >= 15 is 0 Å². The Hall–Kier alpha value is -1.92. The summed E-state index contributed by atoms with van der Waals surface area (Å²) >= 11 is 0. The maximum atomic E-state index is 12.4. The molecule has 2 aliphatic rings. The first-order valence-corrected chi connectivity index (χ1v) is 8.49. The van der Waals surface area contributed by atoms with Crippen LogP contribution in [0, 0.1) is 0 Å². The van der Waals surface area contributed by atoms with Gasteiger partial charge in [-0.25, -0.2) is 0 Å². The van der Waals surface area contributed by atoms with Gasteiger partial charge in [-0.05, 0) is 44.0 Å². The molecule has 130 valence electrons. The zero-order valence-electron chi connectivity index (χ0n) is 14.4. The minimum Gasteiger partial charge on any atom is -0.378 e. The van der Waals surface area contributed by atoms with Crippen molar-refractivity contribution in [3.05, 3.63) is 29.3 Å². The monoisotopic (exact) mass is 331 g/mol. The molecule has 6 nitrogen and oxygen atoms in total. The van der Waals surface area contributed by atoms with Crippen LogP contribution in [0.15, 0.2) is 18.2 Å². The molecule has 0 aromatic heterocycles. The van der Waals surface area contributed by atoms with Gasteiger partial charge in [0.05, 0.1) is 13.2 Å². The zero-order chi connectivity index (χ0) is 17.2. The summed E-state index contributed by atoms with van der Waals surface area (Å²) in [5, 5.41) is 5.82. The number of nitrogens with zero attached hydrogens (tertiary/aromatic N) is 1. The van der Waals surface area contributed by atoms with Crippen LogP contribution in [0.5, 0.6) is 0 Å². The van der Waals surface area contributed by atoms with Crippen LogP contribution < -0.4 is 10.6 Å². The first-order chi connectivity index (χ1) is 11.5. The molecule has 0 radical (unpaired) electrons. The lowest BCUT2D eigenvalue weighted by molar-refractivity contribution is -0.116. The minimum absolute atomic E-state index is 0.00695.